The van der Waals surface area contributed by atoms with Crippen molar-refractivity contribution in [3.05, 3.63) is 101 Å². The fourth-order valence-electron chi connectivity index (χ4n) is 3.46. The number of hydrogen-bond acceptors (Lipinski definition) is 5. The Morgan fingerprint density at radius 3 is 2.20 bits per heavy atom. The van der Waals surface area contributed by atoms with Gasteiger partial charge in [0, 0.05) is 38.0 Å². The monoisotopic (exact) mass is 474 g/mol. The van der Waals surface area contributed by atoms with Gasteiger partial charge in [0.15, 0.2) is 11.5 Å². The standard InChI is InChI=1S/C21H20N2O2.C5H8N2.C2H6.CH4/c1-14-15(2)22-21(23-18(14)10-16-6-4-3-5-7-16)12-17-8-9-19-20(11-17)25-13-24-19;1-5-6-3-4-7(5)2;1-2;/h3-9,11H,10,12-13H2,1-2H3;3-4H,1-2H3;1-2H3;1H4. The Morgan fingerprint density at radius 1 is 0.857 bits per heavy atom. The summed E-state index contributed by atoms with van der Waals surface area (Å²) in [6, 6.07) is 16.4. The van der Waals surface area contributed by atoms with Crippen LogP contribution in [0.4, 0.5) is 0 Å². The van der Waals surface area contributed by atoms with Gasteiger partial charge in [-0.15, -0.1) is 0 Å². The van der Waals surface area contributed by atoms with Crippen molar-refractivity contribution in [2.45, 2.75) is 54.9 Å². The summed E-state index contributed by atoms with van der Waals surface area (Å²) in [6.07, 6.45) is 5.22. The first-order chi connectivity index (χ1) is 16.5. The zero-order valence-electron chi connectivity index (χ0n) is 21.0. The number of rotatable bonds is 4. The molecule has 0 amide bonds. The predicted octanol–water partition coefficient (Wildman–Crippen LogP) is 6.39. The molecule has 0 fully saturated rings. The van der Waals surface area contributed by atoms with Crippen LogP contribution in [0.2, 0.25) is 0 Å². The second-order valence-electron chi connectivity index (χ2n) is 7.91. The molecule has 0 saturated heterocycles. The Morgan fingerprint density at radius 2 is 1.57 bits per heavy atom. The molecule has 1 aliphatic rings. The fourth-order valence-corrected chi connectivity index (χ4v) is 3.46. The SMILES string of the molecule is C.CC.Cc1nc(Cc2ccc3c(c2)OCO3)nc(Cc2ccccc2)c1C.Cc1nccn1C. The third-order valence-electron chi connectivity index (χ3n) is 5.61. The molecule has 0 aliphatic carbocycles. The molecule has 6 heteroatoms. The lowest BCUT2D eigenvalue weighted by atomic mass is 10.0. The summed E-state index contributed by atoms with van der Waals surface area (Å²) in [6.45, 7) is 10.4. The number of nitrogens with zero attached hydrogens (tertiary/aromatic N) is 4. The van der Waals surface area contributed by atoms with Crippen molar-refractivity contribution in [1.29, 1.82) is 0 Å². The molecule has 0 spiro atoms. The lowest BCUT2D eigenvalue weighted by molar-refractivity contribution is 0.174. The van der Waals surface area contributed by atoms with Crippen LogP contribution in [-0.4, -0.2) is 26.3 Å². The molecule has 0 unspecified atom stereocenters. The van der Waals surface area contributed by atoms with Crippen molar-refractivity contribution in [2.75, 3.05) is 6.79 Å². The van der Waals surface area contributed by atoms with Crippen LogP contribution in [0.25, 0.3) is 0 Å². The zero-order chi connectivity index (χ0) is 24.5. The Hall–Kier alpha value is -3.67. The maximum atomic E-state index is 5.46. The van der Waals surface area contributed by atoms with E-state index < -0.39 is 0 Å². The average Bonchev–Trinajstić information content (AvgIpc) is 3.47. The van der Waals surface area contributed by atoms with Crippen LogP contribution in [0, 0.1) is 20.8 Å². The van der Waals surface area contributed by atoms with Gasteiger partial charge in [-0.05, 0) is 49.6 Å². The Labute approximate surface area is 210 Å². The van der Waals surface area contributed by atoms with Gasteiger partial charge in [-0.3, -0.25) is 0 Å². The average molecular weight is 475 g/mol. The Bertz CT molecular complexity index is 1190. The van der Waals surface area contributed by atoms with E-state index in [1.54, 1.807) is 6.20 Å². The zero-order valence-corrected chi connectivity index (χ0v) is 21.0. The molecule has 6 nitrogen and oxygen atoms in total. The van der Waals surface area contributed by atoms with Crippen LogP contribution in [0.1, 0.15) is 61.0 Å². The second-order valence-corrected chi connectivity index (χ2v) is 7.91. The van der Waals surface area contributed by atoms with E-state index in [9.17, 15) is 0 Å². The number of fused-ring (bicyclic) bond motifs is 1. The van der Waals surface area contributed by atoms with E-state index in [1.807, 2.05) is 62.8 Å². The molecular formula is C29H38N4O2. The summed E-state index contributed by atoms with van der Waals surface area (Å²) in [7, 11) is 1.97. The van der Waals surface area contributed by atoms with Crippen molar-refractivity contribution in [3.8, 4) is 11.5 Å². The summed E-state index contributed by atoms with van der Waals surface area (Å²) in [5.74, 6) is 3.49. The van der Waals surface area contributed by atoms with E-state index in [2.05, 4.69) is 48.1 Å². The highest BCUT2D eigenvalue weighted by Gasteiger charge is 2.15. The van der Waals surface area contributed by atoms with E-state index >= 15 is 0 Å². The number of hydrogen-bond donors (Lipinski definition) is 0. The summed E-state index contributed by atoms with van der Waals surface area (Å²) >= 11 is 0. The van der Waals surface area contributed by atoms with E-state index in [1.165, 1.54) is 11.1 Å². The highest BCUT2D eigenvalue weighted by molar-refractivity contribution is 5.45. The van der Waals surface area contributed by atoms with E-state index in [0.717, 1.165) is 46.5 Å². The maximum Gasteiger partial charge on any atom is 0.231 e. The van der Waals surface area contributed by atoms with Crippen LogP contribution in [0.15, 0.2) is 60.9 Å². The first-order valence-electron chi connectivity index (χ1n) is 11.7. The minimum absolute atomic E-state index is 0. The minimum atomic E-state index is 0. The van der Waals surface area contributed by atoms with Gasteiger partial charge in [0.05, 0.1) is 5.69 Å². The van der Waals surface area contributed by atoms with Crippen molar-refractivity contribution in [2.24, 2.45) is 7.05 Å². The quantitative estimate of drug-likeness (QED) is 0.343. The third kappa shape index (κ3) is 7.41. The van der Waals surface area contributed by atoms with Gasteiger partial charge >= 0.3 is 0 Å². The van der Waals surface area contributed by atoms with E-state index in [4.69, 9.17) is 14.5 Å². The lowest BCUT2D eigenvalue weighted by Gasteiger charge is -2.11. The van der Waals surface area contributed by atoms with Crippen molar-refractivity contribution in [1.82, 2.24) is 19.5 Å². The minimum Gasteiger partial charge on any atom is -0.454 e. The number of benzene rings is 2. The van der Waals surface area contributed by atoms with Crippen molar-refractivity contribution >= 4 is 0 Å². The van der Waals surface area contributed by atoms with Gasteiger partial charge in [-0.2, -0.15) is 0 Å². The van der Waals surface area contributed by atoms with Gasteiger partial charge in [0.25, 0.3) is 0 Å². The Balaban J connectivity index is 0.000000370. The van der Waals surface area contributed by atoms with Crippen LogP contribution < -0.4 is 9.47 Å². The van der Waals surface area contributed by atoms with Crippen molar-refractivity contribution < 1.29 is 9.47 Å². The molecule has 35 heavy (non-hydrogen) atoms. The van der Waals surface area contributed by atoms with Crippen LogP contribution in [0.3, 0.4) is 0 Å². The van der Waals surface area contributed by atoms with E-state index in [0.29, 0.717) is 13.2 Å². The summed E-state index contributed by atoms with van der Waals surface area (Å²) in [5.41, 5.74) is 5.68. The van der Waals surface area contributed by atoms with Gasteiger partial charge in [-0.25, -0.2) is 15.0 Å². The van der Waals surface area contributed by atoms with Gasteiger partial charge in [0.2, 0.25) is 6.79 Å². The molecule has 5 rings (SSSR count). The molecule has 2 aromatic carbocycles. The molecule has 4 aromatic rings. The maximum absolute atomic E-state index is 5.46. The first kappa shape index (κ1) is 27.6. The van der Waals surface area contributed by atoms with Crippen molar-refractivity contribution in [3.63, 3.8) is 0 Å². The van der Waals surface area contributed by atoms with Gasteiger partial charge < -0.3 is 14.0 Å². The topological polar surface area (TPSA) is 62.1 Å². The number of aryl methyl sites for hydroxylation is 3. The Kier molecular flexibility index (Phi) is 10.5. The number of aromatic nitrogens is 4. The molecular weight excluding hydrogens is 436 g/mol. The predicted molar refractivity (Wildman–Crippen MR) is 142 cm³/mol. The first-order valence-corrected chi connectivity index (χ1v) is 11.7. The van der Waals surface area contributed by atoms with Gasteiger partial charge in [-0.1, -0.05) is 57.7 Å². The largest absolute Gasteiger partial charge is 0.454 e. The highest BCUT2D eigenvalue weighted by Crippen LogP contribution is 2.33. The molecule has 0 saturated carbocycles. The molecule has 186 valence electrons. The molecule has 0 atom stereocenters. The molecule has 2 aromatic heterocycles. The summed E-state index contributed by atoms with van der Waals surface area (Å²) in [5, 5.41) is 0. The summed E-state index contributed by atoms with van der Waals surface area (Å²) < 4.78 is 12.8. The van der Waals surface area contributed by atoms with Crippen LogP contribution in [0.5, 0.6) is 11.5 Å². The third-order valence-corrected chi connectivity index (χ3v) is 5.61. The summed E-state index contributed by atoms with van der Waals surface area (Å²) in [4.78, 5) is 13.5. The molecule has 0 radical (unpaired) electrons. The number of imidazole rings is 1. The second kappa shape index (κ2) is 13.3. The molecule has 0 bridgehead atoms. The van der Waals surface area contributed by atoms with Gasteiger partial charge in [0.1, 0.15) is 11.6 Å². The number of ether oxygens (including phenoxy) is 2. The molecule has 1 aliphatic heterocycles. The molecule has 3 heterocycles. The van der Waals surface area contributed by atoms with E-state index in [-0.39, 0.29) is 7.43 Å². The fraction of sp³-hybridized carbons (Fsp3) is 0.345. The normalized spacial score (nSPS) is 10.9. The van der Waals surface area contributed by atoms with Crippen LogP contribution in [-0.2, 0) is 19.9 Å². The lowest BCUT2D eigenvalue weighted by Crippen LogP contribution is -2.07. The highest BCUT2D eigenvalue weighted by atomic mass is 16.7. The molecule has 0 N–H and O–H groups in total. The smallest absolute Gasteiger partial charge is 0.231 e. The van der Waals surface area contributed by atoms with Crippen LogP contribution >= 0.6 is 0 Å².